The number of fused-ring (bicyclic) bond motifs is 7. The van der Waals surface area contributed by atoms with Gasteiger partial charge in [0.05, 0.1) is 29.0 Å². The number of rotatable bonds is 5. The van der Waals surface area contributed by atoms with Crippen LogP contribution in [0.25, 0.3) is 33.2 Å². The summed E-state index contributed by atoms with van der Waals surface area (Å²) >= 11 is 0. The maximum Gasteiger partial charge on any atom is 0.471 e. The van der Waals surface area contributed by atoms with Gasteiger partial charge < -0.3 is 14.0 Å². The van der Waals surface area contributed by atoms with E-state index in [0.717, 1.165) is 10.5 Å². The standard InChI is InChI=1S/C32H30F8N4O/c33-18-5-7-22-24(15-20-3-1-9-41(20)17-31(35,36)37)28-29-25(16-21-4-2-10-42(21)30(45)32(38,39)40)23-8-6-19(34)14-27(23)44(29)12-11-43(28)26(22)13-18/h5-8,13-14,20-21H,1-4,9-12,15-17H2/t20-,21-/m0/s1. The quantitative estimate of drug-likeness (QED) is 0.217. The topological polar surface area (TPSA) is 33.4 Å². The van der Waals surface area contributed by atoms with Gasteiger partial charge in [-0.15, -0.1) is 0 Å². The predicted molar refractivity (Wildman–Crippen MR) is 152 cm³/mol. The van der Waals surface area contributed by atoms with Gasteiger partial charge in [-0.05, 0) is 92.6 Å². The molecule has 2 atom stereocenters. The molecule has 45 heavy (non-hydrogen) atoms. The Morgan fingerprint density at radius 3 is 1.76 bits per heavy atom. The van der Waals surface area contributed by atoms with Crippen molar-refractivity contribution in [3.05, 3.63) is 59.2 Å². The second kappa shape index (κ2) is 10.7. The Balaban J connectivity index is 1.41. The number of carbonyl (C=O) groups is 1. The van der Waals surface area contributed by atoms with Crippen molar-refractivity contribution in [1.29, 1.82) is 0 Å². The summed E-state index contributed by atoms with van der Waals surface area (Å²) in [6.45, 7) is -0.0478. The monoisotopic (exact) mass is 638 g/mol. The number of benzene rings is 2. The second-order valence-corrected chi connectivity index (χ2v) is 12.4. The molecule has 4 aromatic rings. The van der Waals surface area contributed by atoms with Crippen LogP contribution in [0.15, 0.2) is 36.4 Å². The molecule has 2 aromatic heterocycles. The highest BCUT2D eigenvalue weighted by atomic mass is 19.4. The van der Waals surface area contributed by atoms with Gasteiger partial charge in [-0.3, -0.25) is 9.69 Å². The highest BCUT2D eigenvalue weighted by molar-refractivity contribution is 5.98. The van der Waals surface area contributed by atoms with E-state index in [1.54, 1.807) is 12.1 Å². The van der Waals surface area contributed by atoms with E-state index in [9.17, 15) is 39.9 Å². The molecular formula is C32H30F8N4O. The SMILES string of the molecule is O=C(N1CCC[C@H]1Cc1c2n(c3cc(F)ccc13)CCn1c-2c(C[C@@H]2CCCN2CC(F)(F)F)c2ccc(F)cc21)C(F)(F)F. The van der Waals surface area contributed by atoms with Crippen molar-refractivity contribution in [2.24, 2.45) is 0 Å². The third kappa shape index (κ3) is 5.26. The number of nitrogens with zero attached hydrogens (tertiary/aromatic N) is 4. The summed E-state index contributed by atoms with van der Waals surface area (Å²) in [4.78, 5) is 14.6. The summed E-state index contributed by atoms with van der Waals surface area (Å²) in [5.41, 5.74) is 3.76. The van der Waals surface area contributed by atoms with Crippen molar-refractivity contribution < 1.29 is 39.9 Å². The van der Waals surface area contributed by atoms with Crippen LogP contribution >= 0.6 is 0 Å². The third-order valence-corrected chi connectivity index (χ3v) is 9.68. The molecule has 0 aliphatic carbocycles. The average molecular weight is 639 g/mol. The zero-order valence-electron chi connectivity index (χ0n) is 24.1. The zero-order valence-corrected chi connectivity index (χ0v) is 24.1. The van der Waals surface area contributed by atoms with Crippen molar-refractivity contribution >= 4 is 27.7 Å². The van der Waals surface area contributed by atoms with Gasteiger partial charge in [0.2, 0.25) is 0 Å². The van der Waals surface area contributed by atoms with Gasteiger partial charge in [0.15, 0.2) is 0 Å². The van der Waals surface area contributed by atoms with E-state index in [1.165, 1.54) is 29.2 Å². The summed E-state index contributed by atoms with van der Waals surface area (Å²) < 4.78 is 114. The molecule has 1 amide bonds. The molecule has 2 fully saturated rings. The fraction of sp³-hybridized carbons (Fsp3) is 0.469. The lowest BCUT2D eigenvalue weighted by atomic mass is 9.94. The van der Waals surface area contributed by atoms with Gasteiger partial charge in [-0.1, -0.05) is 0 Å². The van der Waals surface area contributed by atoms with E-state index in [4.69, 9.17) is 0 Å². The maximum atomic E-state index is 14.6. The van der Waals surface area contributed by atoms with Crippen molar-refractivity contribution in [2.75, 3.05) is 19.6 Å². The minimum absolute atomic E-state index is 0.0346. The Kier molecular flexibility index (Phi) is 7.18. The molecule has 0 N–H and O–H groups in total. The highest BCUT2D eigenvalue weighted by Gasteiger charge is 2.46. The summed E-state index contributed by atoms with van der Waals surface area (Å²) in [5, 5.41) is 1.32. The summed E-state index contributed by atoms with van der Waals surface area (Å²) in [6, 6.07) is 7.39. The normalized spacial score (nSPS) is 20.8. The fourth-order valence-corrected chi connectivity index (χ4v) is 7.92. The minimum atomic E-state index is -5.03. The smallest absolute Gasteiger partial charge is 0.337 e. The third-order valence-electron chi connectivity index (χ3n) is 9.68. The first kappa shape index (κ1) is 30.1. The number of hydrogen-bond donors (Lipinski definition) is 0. The van der Waals surface area contributed by atoms with E-state index in [1.807, 2.05) is 9.13 Å². The molecule has 2 aromatic carbocycles. The number of amides is 1. The molecular weight excluding hydrogens is 608 g/mol. The summed E-state index contributed by atoms with van der Waals surface area (Å²) in [7, 11) is 0. The van der Waals surface area contributed by atoms with Crippen LogP contribution in [0.3, 0.4) is 0 Å². The van der Waals surface area contributed by atoms with Crippen LogP contribution in [0, 0.1) is 11.6 Å². The number of likely N-dealkylation sites (tertiary alicyclic amines) is 2. The van der Waals surface area contributed by atoms with Gasteiger partial charge in [-0.2, -0.15) is 26.3 Å². The van der Waals surface area contributed by atoms with Crippen LogP contribution in [0.5, 0.6) is 0 Å². The molecule has 0 radical (unpaired) electrons. The summed E-state index contributed by atoms with van der Waals surface area (Å²) in [6.07, 6.45) is -7.19. The highest BCUT2D eigenvalue weighted by Crippen LogP contribution is 2.45. The number of halogens is 8. The second-order valence-electron chi connectivity index (χ2n) is 12.4. The zero-order chi connectivity index (χ0) is 31.8. The molecule has 0 unspecified atom stereocenters. The first-order valence-electron chi connectivity index (χ1n) is 15.1. The Morgan fingerprint density at radius 2 is 1.22 bits per heavy atom. The molecule has 7 rings (SSSR count). The molecule has 240 valence electrons. The van der Waals surface area contributed by atoms with Crippen LogP contribution in [-0.4, -0.2) is 68.9 Å². The predicted octanol–water partition coefficient (Wildman–Crippen LogP) is 7.22. The molecule has 2 saturated heterocycles. The van der Waals surface area contributed by atoms with Gasteiger partial charge >= 0.3 is 18.3 Å². The maximum absolute atomic E-state index is 14.6. The van der Waals surface area contributed by atoms with Crippen molar-refractivity contribution in [1.82, 2.24) is 18.9 Å². The van der Waals surface area contributed by atoms with Gasteiger partial charge in [0.25, 0.3) is 0 Å². The van der Waals surface area contributed by atoms with Crippen LogP contribution in [0.1, 0.15) is 36.8 Å². The Morgan fingerprint density at radius 1 is 0.711 bits per heavy atom. The molecule has 0 saturated carbocycles. The van der Waals surface area contributed by atoms with Crippen molar-refractivity contribution in [3.63, 3.8) is 0 Å². The first-order chi connectivity index (χ1) is 21.3. The number of aromatic nitrogens is 2. The van der Waals surface area contributed by atoms with Crippen LogP contribution in [0.2, 0.25) is 0 Å². The van der Waals surface area contributed by atoms with Gasteiger partial charge in [0, 0.05) is 42.5 Å². The summed E-state index contributed by atoms with van der Waals surface area (Å²) in [5.74, 6) is -2.87. The van der Waals surface area contributed by atoms with Crippen LogP contribution in [0.4, 0.5) is 35.1 Å². The Labute approximate surface area is 253 Å². The molecule has 0 spiro atoms. The molecule has 13 heteroatoms. The number of hydrogen-bond acceptors (Lipinski definition) is 2. The minimum Gasteiger partial charge on any atom is -0.337 e. The van der Waals surface area contributed by atoms with Crippen LogP contribution < -0.4 is 0 Å². The number of alkyl halides is 6. The van der Waals surface area contributed by atoms with E-state index in [0.29, 0.717) is 84.1 Å². The molecule has 5 heterocycles. The Bertz CT molecular complexity index is 1800. The lowest BCUT2D eigenvalue weighted by Gasteiger charge is -2.28. The molecule has 5 nitrogen and oxygen atoms in total. The van der Waals surface area contributed by atoms with E-state index < -0.39 is 48.5 Å². The van der Waals surface area contributed by atoms with Crippen LogP contribution in [-0.2, 0) is 30.7 Å². The molecule has 0 bridgehead atoms. The fourth-order valence-electron chi connectivity index (χ4n) is 7.92. The van der Waals surface area contributed by atoms with Gasteiger partial charge in [-0.25, -0.2) is 8.78 Å². The van der Waals surface area contributed by atoms with E-state index in [2.05, 4.69) is 0 Å². The van der Waals surface area contributed by atoms with Crippen molar-refractivity contribution in [3.8, 4) is 11.4 Å². The van der Waals surface area contributed by atoms with E-state index >= 15 is 0 Å². The lowest BCUT2D eigenvalue weighted by Crippen LogP contribution is -2.44. The molecule has 3 aliphatic rings. The number of aryl methyl sites for hydroxylation is 2. The Hall–Kier alpha value is -3.61. The number of carbonyl (C=O) groups excluding carboxylic acids is 1. The van der Waals surface area contributed by atoms with Crippen molar-refractivity contribution in [2.45, 2.75) is 76.1 Å². The first-order valence-corrected chi connectivity index (χ1v) is 15.1. The lowest BCUT2D eigenvalue weighted by molar-refractivity contribution is -0.186. The molecule has 3 aliphatic heterocycles. The largest absolute Gasteiger partial charge is 0.471 e. The van der Waals surface area contributed by atoms with Gasteiger partial charge in [0.1, 0.15) is 11.6 Å². The van der Waals surface area contributed by atoms with E-state index in [-0.39, 0.29) is 19.4 Å². The average Bonchev–Trinajstić information content (AvgIpc) is 3.73.